The molecule has 0 aromatic heterocycles. The second kappa shape index (κ2) is 7.39. The Labute approximate surface area is 139 Å². The first-order valence-electron chi connectivity index (χ1n) is 7.97. The summed E-state index contributed by atoms with van der Waals surface area (Å²) in [6.45, 7) is 7.93. The summed E-state index contributed by atoms with van der Waals surface area (Å²) in [5.41, 5.74) is 7.66. The Morgan fingerprint density at radius 2 is 1.95 bits per heavy atom. The average Bonchev–Trinajstić information content (AvgIpc) is 2.45. The number of benzene rings is 1. The van der Waals surface area contributed by atoms with Crippen LogP contribution in [0, 0.1) is 17.3 Å². The van der Waals surface area contributed by atoms with Crippen LogP contribution in [-0.4, -0.2) is 11.8 Å². The lowest BCUT2D eigenvalue weighted by Crippen LogP contribution is -2.36. The monoisotopic (exact) mass is 325 g/mol. The van der Waals surface area contributed by atoms with Crippen LogP contribution in [0.2, 0.25) is 5.02 Å². The van der Waals surface area contributed by atoms with E-state index in [0.29, 0.717) is 16.6 Å². The molecule has 0 bridgehead atoms. The van der Waals surface area contributed by atoms with E-state index in [0.717, 1.165) is 23.2 Å². The van der Waals surface area contributed by atoms with Crippen molar-refractivity contribution in [2.75, 3.05) is 6.54 Å². The fourth-order valence-corrected chi connectivity index (χ4v) is 5.08. The van der Waals surface area contributed by atoms with Crippen LogP contribution in [-0.2, 0) is 5.75 Å². The van der Waals surface area contributed by atoms with Crippen LogP contribution in [0.4, 0.5) is 0 Å². The molecule has 1 saturated carbocycles. The smallest absolute Gasteiger partial charge is 0.0446 e. The second-order valence-corrected chi connectivity index (χ2v) is 8.95. The lowest BCUT2D eigenvalue weighted by molar-refractivity contribution is 0.157. The van der Waals surface area contributed by atoms with Gasteiger partial charge in [0.05, 0.1) is 0 Å². The minimum atomic E-state index is 0.406. The molecular weight excluding hydrogens is 298 g/mol. The molecule has 3 unspecified atom stereocenters. The Bertz CT molecular complexity index is 455. The molecule has 2 rings (SSSR count). The fraction of sp³-hybridized carbons (Fsp3) is 0.667. The third kappa shape index (κ3) is 4.64. The molecule has 0 saturated heterocycles. The second-order valence-electron chi connectivity index (χ2n) is 7.31. The predicted octanol–water partition coefficient (Wildman–Crippen LogP) is 5.36. The lowest BCUT2D eigenvalue weighted by atomic mass is 9.69. The van der Waals surface area contributed by atoms with Gasteiger partial charge in [-0.1, -0.05) is 50.6 Å². The molecule has 0 amide bonds. The van der Waals surface area contributed by atoms with Crippen molar-refractivity contribution in [3.63, 3.8) is 0 Å². The summed E-state index contributed by atoms with van der Waals surface area (Å²) in [5.74, 6) is 2.47. The molecule has 1 nitrogen and oxygen atoms in total. The summed E-state index contributed by atoms with van der Waals surface area (Å²) in [6, 6.07) is 8.18. The Morgan fingerprint density at radius 3 is 2.57 bits per heavy atom. The van der Waals surface area contributed by atoms with Crippen LogP contribution in [0.15, 0.2) is 24.3 Å². The van der Waals surface area contributed by atoms with Crippen molar-refractivity contribution in [2.24, 2.45) is 23.0 Å². The maximum absolute atomic E-state index is 6.28. The van der Waals surface area contributed by atoms with Gasteiger partial charge in [0.15, 0.2) is 0 Å². The molecule has 1 aliphatic carbocycles. The maximum atomic E-state index is 6.28. The van der Waals surface area contributed by atoms with E-state index < -0.39 is 0 Å². The molecule has 118 valence electrons. The van der Waals surface area contributed by atoms with E-state index in [2.05, 4.69) is 44.7 Å². The first-order valence-corrected chi connectivity index (χ1v) is 9.39. The number of halogens is 1. The zero-order valence-electron chi connectivity index (χ0n) is 13.4. The third-order valence-corrected chi connectivity index (χ3v) is 6.72. The van der Waals surface area contributed by atoms with Gasteiger partial charge >= 0.3 is 0 Å². The van der Waals surface area contributed by atoms with Gasteiger partial charge in [0, 0.05) is 16.0 Å². The van der Waals surface area contributed by atoms with E-state index in [4.69, 9.17) is 17.3 Å². The molecule has 0 spiro atoms. The topological polar surface area (TPSA) is 26.0 Å². The van der Waals surface area contributed by atoms with Gasteiger partial charge in [-0.2, -0.15) is 11.8 Å². The quantitative estimate of drug-likeness (QED) is 0.806. The highest BCUT2D eigenvalue weighted by atomic mass is 35.5. The van der Waals surface area contributed by atoms with Crippen molar-refractivity contribution in [3.8, 4) is 0 Å². The van der Waals surface area contributed by atoms with Gasteiger partial charge in [-0.3, -0.25) is 0 Å². The standard InChI is InChI=1S/C18H28ClNS/c1-18(2,3)15-9-8-13(11-20)17(10-15)21-12-14-6-4-5-7-16(14)19/h4-7,13,15,17H,8-12,20H2,1-3H3. The highest BCUT2D eigenvalue weighted by molar-refractivity contribution is 7.99. The molecule has 3 atom stereocenters. The highest BCUT2D eigenvalue weighted by Gasteiger charge is 2.35. The van der Waals surface area contributed by atoms with Crippen molar-refractivity contribution in [1.29, 1.82) is 0 Å². The van der Waals surface area contributed by atoms with Crippen LogP contribution in [0.1, 0.15) is 45.6 Å². The van der Waals surface area contributed by atoms with Crippen molar-refractivity contribution in [2.45, 2.75) is 51.0 Å². The number of hydrogen-bond acceptors (Lipinski definition) is 2. The summed E-state index contributed by atoms with van der Waals surface area (Å²) < 4.78 is 0. The summed E-state index contributed by atoms with van der Waals surface area (Å²) in [5, 5.41) is 1.56. The molecule has 1 aliphatic rings. The molecule has 0 radical (unpaired) electrons. The van der Waals surface area contributed by atoms with Crippen molar-refractivity contribution >= 4 is 23.4 Å². The van der Waals surface area contributed by atoms with Gasteiger partial charge in [0.25, 0.3) is 0 Å². The Hall–Kier alpha value is -0.180. The van der Waals surface area contributed by atoms with Crippen molar-refractivity contribution < 1.29 is 0 Å². The van der Waals surface area contributed by atoms with Crippen LogP contribution < -0.4 is 5.73 Å². The predicted molar refractivity (Wildman–Crippen MR) is 95.9 cm³/mol. The normalized spacial score (nSPS) is 26.8. The number of nitrogens with two attached hydrogens (primary N) is 1. The van der Waals surface area contributed by atoms with E-state index in [-0.39, 0.29) is 0 Å². The van der Waals surface area contributed by atoms with Crippen LogP contribution in [0.5, 0.6) is 0 Å². The molecule has 1 aromatic rings. The summed E-state index contributed by atoms with van der Waals surface area (Å²) >= 11 is 8.33. The lowest BCUT2D eigenvalue weighted by Gasteiger charge is -2.41. The summed E-state index contributed by atoms with van der Waals surface area (Å²) in [7, 11) is 0. The first kappa shape index (κ1) is 17.2. The largest absolute Gasteiger partial charge is 0.330 e. The van der Waals surface area contributed by atoms with E-state index in [1.807, 2.05) is 12.1 Å². The Kier molecular flexibility index (Phi) is 6.05. The first-order chi connectivity index (χ1) is 9.91. The van der Waals surface area contributed by atoms with Crippen LogP contribution >= 0.6 is 23.4 Å². The van der Waals surface area contributed by atoms with E-state index in [1.54, 1.807) is 0 Å². The number of rotatable bonds is 4. The van der Waals surface area contributed by atoms with Gasteiger partial charge in [0.1, 0.15) is 0 Å². The molecule has 0 aliphatic heterocycles. The van der Waals surface area contributed by atoms with Gasteiger partial charge in [-0.05, 0) is 54.7 Å². The Balaban J connectivity index is 2.00. The zero-order chi connectivity index (χ0) is 15.5. The summed E-state index contributed by atoms with van der Waals surface area (Å²) in [6.07, 6.45) is 3.90. The van der Waals surface area contributed by atoms with E-state index in [9.17, 15) is 0 Å². The Morgan fingerprint density at radius 1 is 1.24 bits per heavy atom. The minimum absolute atomic E-state index is 0.406. The summed E-state index contributed by atoms with van der Waals surface area (Å²) in [4.78, 5) is 0. The van der Waals surface area contributed by atoms with Gasteiger partial charge in [-0.15, -0.1) is 0 Å². The molecular formula is C18H28ClNS. The van der Waals surface area contributed by atoms with Gasteiger partial charge < -0.3 is 5.73 Å². The van der Waals surface area contributed by atoms with Crippen molar-refractivity contribution in [1.82, 2.24) is 0 Å². The highest BCUT2D eigenvalue weighted by Crippen LogP contribution is 2.44. The minimum Gasteiger partial charge on any atom is -0.330 e. The van der Waals surface area contributed by atoms with Crippen molar-refractivity contribution in [3.05, 3.63) is 34.9 Å². The molecule has 0 heterocycles. The number of hydrogen-bond donors (Lipinski definition) is 1. The SMILES string of the molecule is CC(C)(C)C1CCC(CN)C(SCc2ccccc2Cl)C1. The molecule has 21 heavy (non-hydrogen) atoms. The van der Waals surface area contributed by atoms with Crippen LogP contribution in [0.3, 0.4) is 0 Å². The number of thioether (sulfide) groups is 1. The fourth-order valence-electron chi connectivity index (χ4n) is 3.26. The zero-order valence-corrected chi connectivity index (χ0v) is 15.0. The maximum Gasteiger partial charge on any atom is 0.0446 e. The van der Waals surface area contributed by atoms with Gasteiger partial charge in [-0.25, -0.2) is 0 Å². The van der Waals surface area contributed by atoms with E-state index >= 15 is 0 Å². The average molecular weight is 326 g/mol. The van der Waals surface area contributed by atoms with Gasteiger partial charge in [0.2, 0.25) is 0 Å². The molecule has 1 aromatic carbocycles. The molecule has 1 fully saturated rings. The third-order valence-electron chi connectivity index (χ3n) is 4.87. The van der Waals surface area contributed by atoms with E-state index in [1.165, 1.54) is 24.8 Å². The van der Waals surface area contributed by atoms with Crippen LogP contribution in [0.25, 0.3) is 0 Å². The molecule has 2 N–H and O–H groups in total. The molecule has 3 heteroatoms.